The molecular weight excluding hydrogens is 393 g/mol. The van der Waals surface area contributed by atoms with Crippen LogP contribution in [0.25, 0.3) is 0 Å². The number of carbonyl (C=O) groups excluding carboxylic acids is 2. The van der Waals surface area contributed by atoms with Gasteiger partial charge in [-0.1, -0.05) is 11.6 Å². The van der Waals surface area contributed by atoms with Gasteiger partial charge in [-0.3, -0.25) is 14.7 Å². The van der Waals surface area contributed by atoms with Crippen LogP contribution in [0.15, 0.2) is 18.2 Å². The summed E-state index contributed by atoms with van der Waals surface area (Å²) in [6.07, 6.45) is 0.936. The first-order valence-electron chi connectivity index (χ1n) is 8.27. The fraction of sp³-hybridized carbons (Fsp3) is 0.353. The molecule has 1 aromatic carbocycles. The molecule has 0 atom stereocenters. The molecule has 0 aliphatic carbocycles. The predicted octanol–water partition coefficient (Wildman–Crippen LogP) is 1.90. The molecule has 27 heavy (non-hydrogen) atoms. The van der Waals surface area contributed by atoms with E-state index in [2.05, 4.69) is 26.1 Å². The Balaban J connectivity index is 0.00000261. The largest absolute Gasteiger partial charge is 0.495 e. The van der Waals surface area contributed by atoms with Gasteiger partial charge in [0.2, 0.25) is 5.91 Å². The standard InChI is InChI=1S/C17H20ClN5O3.ClH/c1-26-14-3-2-10(18)8-13(14)21-15(24)5-7-20-17(25)16-11-9-19-6-4-12(11)22-23-16;/h2-3,8,19H,4-7,9H2,1H3,(H,20,25)(H,21,24)(H,22,23);1H. The molecule has 1 aliphatic heterocycles. The second-order valence-corrected chi connectivity index (χ2v) is 6.29. The van der Waals surface area contributed by atoms with E-state index in [-0.39, 0.29) is 37.2 Å². The summed E-state index contributed by atoms with van der Waals surface area (Å²) in [6, 6.07) is 4.96. The van der Waals surface area contributed by atoms with Crippen molar-refractivity contribution in [1.82, 2.24) is 20.8 Å². The van der Waals surface area contributed by atoms with Gasteiger partial charge in [-0.15, -0.1) is 12.4 Å². The SMILES string of the molecule is COc1ccc(Cl)cc1NC(=O)CCNC(=O)c1n[nH]c2c1CNCC2.Cl. The van der Waals surface area contributed by atoms with Gasteiger partial charge in [-0.2, -0.15) is 5.10 Å². The number of nitrogens with one attached hydrogen (secondary N) is 4. The second-order valence-electron chi connectivity index (χ2n) is 5.85. The van der Waals surface area contributed by atoms with Crippen LogP contribution in [0.2, 0.25) is 5.02 Å². The number of aromatic nitrogens is 2. The van der Waals surface area contributed by atoms with E-state index in [0.29, 0.717) is 28.7 Å². The fourth-order valence-electron chi connectivity index (χ4n) is 2.78. The number of hydrogen-bond acceptors (Lipinski definition) is 5. The molecule has 3 rings (SSSR count). The smallest absolute Gasteiger partial charge is 0.272 e. The molecule has 2 aromatic rings. The minimum absolute atomic E-state index is 0. The molecule has 0 spiro atoms. The Kier molecular flexibility index (Phi) is 7.46. The van der Waals surface area contributed by atoms with Crippen LogP contribution in [0.4, 0.5) is 5.69 Å². The van der Waals surface area contributed by atoms with Crippen LogP contribution >= 0.6 is 24.0 Å². The molecule has 0 bridgehead atoms. The van der Waals surface area contributed by atoms with Crippen molar-refractivity contribution in [3.05, 3.63) is 40.2 Å². The summed E-state index contributed by atoms with van der Waals surface area (Å²) in [7, 11) is 1.51. The quantitative estimate of drug-likeness (QED) is 0.578. The number of anilines is 1. The summed E-state index contributed by atoms with van der Waals surface area (Å²) in [5.74, 6) is -0.0293. The summed E-state index contributed by atoms with van der Waals surface area (Å²) in [5, 5.41) is 16.1. The monoisotopic (exact) mass is 413 g/mol. The zero-order valence-electron chi connectivity index (χ0n) is 14.7. The maximum Gasteiger partial charge on any atom is 0.272 e. The van der Waals surface area contributed by atoms with Gasteiger partial charge < -0.3 is 20.7 Å². The third kappa shape index (κ3) is 5.12. The molecule has 0 radical (unpaired) electrons. The average molecular weight is 414 g/mol. The first-order chi connectivity index (χ1) is 12.6. The van der Waals surface area contributed by atoms with Crippen molar-refractivity contribution < 1.29 is 14.3 Å². The minimum atomic E-state index is -0.292. The third-order valence-electron chi connectivity index (χ3n) is 4.09. The molecule has 0 fully saturated rings. The number of halogens is 2. The zero-order valence-corrected chi connectivity index (χ0v) is 16.3. The number of methoxy groups -OCH3 is 1. The molecule has 0 saturated carbocycles. The van der Waals surface area contributed by atoms with Gasteiger partial charge in [0.05, 0.1) is 12.8 Å². The summed E-state index contributed by atoms with van der Waals surface area (Å²) in [5.41, 5.74) is 2.74. The summed E-state index contributed by atoms with van der Waals surface area (Å²) < 4.78 is 5.18. The van der Waals surface area contributed by atoms with E-state index in [4.69, 9.17) is 16.3 Å². The van der Waals surface area contributed by atoms with Gasteiger partial charge in [-0.25, -0.2) is 0 Å². The van der Waals surface area contributed by atoms with Gasteiger partial charge in [0.25, 0.3) is 5.91 Å². The van der Waals surface area contributed by atoms with E-state index in [1.165, 1.54) is 7.11 Å². The van der Waals surface area contributed by atoms with Crippen molar-refractivity contribution >= 4 is 41.5 Å². The van der Waals surface area contributed by atoms with E-state index < -0.39 is 0 Å². The Morgan fingerprint density at radius 3 is 2.96 bits per heavy atom. The van der Waals surface area contributed by atoms with Crippen LogP contribution in [0.3, 0.4) is 0 Å². The first-order valence-corrected chi connectivity index (χ1v) is 8.64. The molecule has 2 heterocycles. The van der Waals surface area contributed by atoms with Crippen LogP contribution in [0.5, 0.6) is 5.75 Å². The number of aromatic amines is 1. The molecule has 4 N–H and O–H groups in total. The van der Waals surface area contributed by atoms with Crippen LogP contribution in [0, 0.1) is 0 Å². The molecule has 8 nitrogen and oxygen atoms in total. The molecule has 1 aromatic heterocycles. The highest BCUT2D eigenvalue weighted by Crippen LogP contribution is 2.27. The molecular formula is C17H21Cl2N5O3. The Morgan fingerprint density at radius 2 is 2.19 bits per heavy atom. The lowest BCUT2D eigenvalue weighted by atomic mass is 10.1. The molecule has 10 heteroatoms. The third-order valence-corrected chi connectivity index (χ3v) is 4.33. The first kappa shape index (κ1) is 21.0. The van der Waals surface area contributed by atoms with Gasteiger partial charge in [0.15, 0.2) is 5.69 Å². The lowest BCUT2D eigenvalue weighted by Gasteiger charge is -2.13. The predicted molar refractivity (Wildman–Crippen MR) is 105 cm³/mol. The maximum absolute atomic E-state index is 12.3. The zero-order chi connectivity index (χ0) is 18.5. The normalized spacial score (nSPS) is 12.5. The Labute approximate surface area is 167 Å². The molecule has 2 amide bonds. The van der Waals surface area contributed by atoms with Crippen molar-refractivity contribution in [2.45, 2.75) is 19.4 Å². The topological polar surface area (TPSA) is 108 Å². The number of ether oxygens (including phenoxy) is 1. The lowest BCUT2D eigenvalue weighted by molar-refractivity contribution is -0.116. The second kappa shape index (κ2) is 9.59. The van der Waals surface area contributed by atoms with Crippen molar-refractivity contribution in [1.29, 1.82) is 0 Å². The number of H-pyrrole nitrogens is 1. The number of carbonyl (C=O) groups is 2. The summed E-state index contributed by atoms with van der Waals surface area (Å²) >= 11 is 5.94. The van der Waals surface area contributed by atoms with Gasteiger partial charge in [-0.05, 0) is 18.2 Å². The maximum atomic E-state index is 12.3. The number of hydrogen-bond donors (Lipinski definition) is 4. The van der Waals surface area contributed by atoms with Crippen molar-refractivity contribution in [2.75, 3.05) is 25.5 Å². The molecule has 0 saturated heterocycles. The highest BCUT2D eigenvalue weighted by molar-refractivity contribution is 6.31. The van der Waals surface area contributed by atoms with E-state index >= 15 is 0 Å². The summed E-state index contributed by atoms with van der Waals surface area (Å²) in [4.78, 5) is 24.4. The highest BCUT2D eigenvalue weighted by atomic mass is 35.5. The van der Waals surface area contributed by atoms with Crippen LogP contribution in [-0.2, 0) is 17.8 Å². The van der Waals surface area contributed by atoms with Crippen molar-refractivity contribution in [3.8, 4) is 5.75 Å². The Morgan fingerprint density at radius 1 is 1.37 bits per heavy atom. The number of rotatable bonds is 6. The van der Waals surface area contributed by atoms with Crippen molar-refractivity contribution in [2.24, 2.45) is 0 Å². The van der Waals surface area contributed by atoms with E-state index in [0.717, 1.165) is 24.2 Å². The number of amides is 2. The van der Waals surface area contributed by atoms with Crippen LogP contribution < -0.4 is 20.7 Å². The highest BCUT2D eigenvalue weighted by Gasteiger charge is 2.21. The molecule has 1 aliphatic rings. The molecule has 146 valence electrons. The van der Waals surface area contributed by atoms with Crippen LogP contribution in [-0.4, -0.2) is 42.2 Å². The van der Waals surface area contributed by atoms with E-state index in [1.54, 1.807) is 18.2 Å². The lowest BCUT2D eigenvalue weighted by Crippen LogP contribution is -2.30. The number of benzene rings is 1. The number of nitrogens with zero attached hydrogens (tertiary/aromatic N) is 1. The summed E-state index contributed by atoms with van der Waals surface area (Å²) in [6.45, 7) is 1.68. The molecule has 0 unspecified atom stereocenters. The minimum Gasteiger partial charge on any atom is -0.495 e. The van der Waals surface area contributed by atoms with E-state index in [9.17, 15) is 9.59 Å². The van der Waals surface area contributed by atoms with Gasteiger partial charge >= 0.3 is 0 Å². The van der Waals surface area contributed by atoms with Gasteiger partial charge in [0, 0.05) is 48.8 Å². The van der Waals surface area contributed by atoms with Crippen molar-refractivity contribution in [3.63, 3.8) is 0 Å². The van der Waals surface area contributed by atoms with Crippen LogP contribution in [0.1, 0.15) is 28.2 Å². The fourth-order valence-corrected chi connectivity index (χ4v) is 2.95. The van der Waals surface area contributed by atoms with Gasteiger partial charge in [0.1, 0.15) is 5.75 Å². The average Bonchev–Trinajstić information content (AvgIpc) is 3.06. The van der Waals surface area contributed by atoms with E-state index in [1.807, 2.05) is 0 Å². The Bertz CT molecular complexity index is 825. The Hall–Kier alpha value is -2.29. The number of fused-ring (bicyclic) bond motifs is 1.